The molecule has 23 heavy (non-hydrogen) atoms. The summed E-state index contributed by atoms with van der Waals surface area (Å²) in [4.78, 5) is 0. The quantitative estimate of drug-likeness (QED) is 0.437. The fourth-order valence-corrected chi connectivity index (χ4v) is 2.40. The smallest absolute Gasteiger partial charge is 0.0348 e. The molecule has 0 atom stereocenters. The van der Waals surface area contributed by atoms with Gasteiger partial charge in [0.15, 0.2) is 0 Å². The van der Waals surface area contributed by atoms with Gasteiger partial charge < -0.3 is 0 Å². The third-order valence-corrected chi connectivity index (χ3v) is 3.74. The molecule has 0 aromatic heterocycles. The summed E-state index contributed by atoms with van der Waals surface area (Å²) in [5.74, 6) is 0. The first kappa shape index (κ1) is 19.2. The van der Waals surface area contributed by atoms with Gasteiger partial charge in [-0.25, -0.2) is 0 Å². The minimum Gasteiger partial charge on any atom is -0.0845 e. The summed E-state index contributed by atoms with van der Waals surface area (Å²) in [6, 6.07) is 0. The fraction of sp³-hybridized carbons (Fsp3) is 0.391. The topological polar surface area (TPSA) is 0 Å². The maximum absolute atomic E-state index is 2.27. The summed E-state index contributed by atoms with van der Waals surface area (Å²) in [7, 11) is 0. The van der Waals surface area contributed by atoms with E-state index in [1.54, 1.807) is 0 Å². The molecule has 0 fully saturated rings. The van der Waals surface area contributed by atoms with Crippen molar-refractivity contribution >= 4 is 0 Å². The Bertz CT molecular complexity index is 410. The molecule has 0 aromatic rings. The number of hydrogen-bond acceptors (Lipinski definition) is 0. The van der Waals surface area contributed by atoms with E-state index in [1.807, 2.05) is 24.3 Å². The fourth-order valence-electron chi connectivity index (χ4n) is 2.40. The molecule has 1 aliphatic carbocycles. The highest BCUT2D eigenvalue weighted by Crippen LogP contribution is 2.10. The summed E-state index contributed by atoms with van der Waals surface area (Å²) in [5.41, 5.74) is 0. The summed E-state index contributed by atoms with van der Waals surface area (Å²) in [5, 5.41) is 0. The summed E-state index contributed by atoms with van der Waals surface area (Å²) < 4.78 is 0. The lowest BCUT2D eigenvalue weighted by Crippen LogP contribution is -1.80. The van der Waals surface area contributed by atoms with Crippen molar-refractivity contribution in [1.29, 1.82) is 0 Å². The van der Waals surface area contributed by atoms with Crippen LogP contribution in [0.5, 0.6) is 0 Å². The van der Waals surface area contributed by atoms with Crippen molar-refractivity contribution in [3.05, 3.63) is 85.1 Å². The van der Waals surface area contributed by atoms with E-state index in [2.05, 4.69) is 60.8 Å². The van der Waals surface area contributed by atoms with Crippen LogP contribution in [0.25, 0.3) is 0 Å². The number of rotatable bonds is 0. The molecule has 0 heteroatoms. The third kappa shape index (κ3) is 14.9. The Morgan fingerprint density at radius 3 is 0.870 bits per heavy atom. The third-order valence-electron chi connectivity index (χ3n) is 3.74. The van der Waals surface area contributed by atoms with Crippen LogP contribution in [0.15, 0.2) is 85.1 Å². The Hall–Kier alpha value is -1.82. The van der Waals surface area contributed by atoms with E-state index >= 15 is 0 Å². The molecule has 0 bridgehead atoms. The van der Waals surface area contributed by atoms with E-state index in [9.17, 15) is 0 Å². The van der Waals surface area contributed by atoms with Gasteiger partial charge in [-0.3, -0.25) is 0 Å². The van der Waals surface area contributed by atoms with E-state index in [-0.39, 0.29) is 0 Å². The molecule has 1 rings (SSSR count). The normalized spacial score (nSPS) is 27.5. The van der Waals surface area contributed by atoms with E-state index in [1.165, 1.54) is 57.8 Å². The van der Waals surface area contributed by atoms with Gasteiger partial charge in [-0.2, -0.15) is 0 Å². The van der Waals surface area contributed by atoms with Gasteiger partial charge in [0.2, 0.25) is 0 Å². The molecule has 0 aliphatic heterocycles. The first-order valence-corrected chi connectivity index (χ1v) is 9.15. The van der Waals surface area contributed by atoms with Crippen LogP contribution >= 0.6 is 0 Å². The van der Waals surface area contributed by atoms with Crippen LogP contribution in [0.2, 0.25) is 0 Å². The maximum atomic E-state index is 2.27. The molecule has 0 saturated carbocycles. The zero-order valence-corrected chi connectivity index (χ0v) is 14.4. The van der Waals surface area contributed by atoms with Gasteiger partial charge in [-0.05, 0) is 25.7 Å². The number of allylic oxidation sites excluding steroid dienone is 14. The van der Waals surface area contributed by atoms with Crippen molar-refractivity contribution in [3.8, 4) is 0 Å². The molecule has 0 heterocycles. The molecule has 0 radical (unpaired) electrons. The molecule has 0 unspecified atom stereocenters. The van der Waals surface area contributed by atoms with Crippen LogP contribution in [-0.4, -0.2) is 0 Å². The van der Waals surface area contributed by atoms with Crippen LogP contribution in [0.4, 0.5) is 0 Å². The predicted molar refractivity (Wildman–Crippen MR) is 106 cm³/mol. The van der Waals surface area contributed by atoms with Crippen molar-refractivity contribution < 1.29 is 0 Å². The first-order valence-electron chi connectivity index (χ1n) is 9.15. The second kappa shape index (κ2) is 16.5. The minimum absolute atomic E-state index is 1.20. The van der Waals surface area contributed by atoms with Gasteiger partial charge in [0, 0.05) is 0 Å². The molecule has 0 spiro atoms. The summed E-state index contributed by atoms with van der Waals surface area (Å²) in [6.07, 6.45) is 41.5. The molecule has 0 nitrogen and oxygen atoms in total. The average Bonchev–Trinajstić information content (AvgIpc) is 2.56. The molecule has 0 N–H and O–H groups in total. The van der Waals surface area contributed by atoms with Gasteiger partial charge in [0.05, 0.1) is 0 Å². The van der Waals surface area contributed by atoms with E-state index in [4.69, 9.17) is 0 Å². The van der Waals surface area contributed by atoms with Crippen LogP contribution in [-0.2, 0) is 0 Å². The second-order valence-electron chi connectivity index (χ2n) is 5.83. The van der Waals surface area contributed by atoms with Crippen molar-refractivity contribution in [2.75, 3.05) is 0 Å². The Labute approximate surface area is 143 Å². The zero-order valence-electron chi connectivity index (χ0n) is 14.4. The average molecular weight is 309 g/mol. The minimum atomic E-state index is 1.20. The largest absolute Gasteiger partial charge is 0.0845 e. The van der Waals surface area contributed by atoms with E-state index in [0.29, 0.717) is 0 Å². The van der Waals surface area contributed by atoms with Gasteiger partial charge >= 0.3 is 0 Å². The Kier molecular flexibility index (Phi) is 13.8. The predicted octanol–water partition coefficient (Wildman–Crippen LogP) is 7.40. The lowest BCUT2D eigenvalue weighted by atomic mass is 10.1. The molecule has 1 aliphatic rings. The maximum Gasteiger partial charge on any atom is -0.0348 e. The van der Waals surface area contributed by atoms with Crippen LogP contribution in [0, 0.1) is 0 Å². The Balaban J connectivity index is 2.39. The van der Waals surface area contributed by atoms with Crippen molar-refractivity contribution in [2.45, 2.75) is 57.8 Å². The molecule has 0 amide bonds. The van der Waals surface area contributed by atoms with Gasteiger partial charge in [0.1, 0.15) is 0 Å². The summed E-state index contributed by atoms with van der Waals surface area (Å²) >= 11 is 0. The lowest BCUT2D eigenvalue weighted by Gasteiger charge is -1.99. The van der Waals surface area contributed by atoms with Gasteiger partial charge in [-0.1, -0.05) is 117 Å². The highest BCUT2D eigenvalue weighted by molar-refractivity contribution is 5.20. The molecular weight excluding hydrogens is 276 g/mol. The van der Waals surface area contributed by atoms with Gasteiger partial charge in [0.25, 0.3) is 0 Å². The number of hydrogen-bond donors (Lipinski definition) is 0. The molecular formula is C23H32. The zero-order chi connectivity index (χ0) is 16.3. The molecule has 124 valence electrons. The second-order valence-corrected chi connectivity index (χ2v) is 5.83. The molecule has 0 saturated heterocycles. The van der Waals surface area contributed by atoms with Crippen molar-refractivity contribution in [3.63, 3.8) is 0 Å². The highest BCUT2D eigenvalue weighted by Gasteiger charge is 1.90. The first-order chi connectivity index (χ1) is 11.5. The highest BCUT2D eigenvalue weighted by atomic mass is 14.0. The Morgan fingerprint density at radius 2 is 0.522 bits per heavy atom. The standard InChI is InChI=1S/C23H32/c1-2-4-6-8-10-12-14-16-18-20-22-23-21-19-17-15-13-11-9-7-5-3-1/h1-14H,15-23H2/b2-1+,5-3-,6-4+,9-7+,10-8+,13-11+,14-12?. The summed E-state index contributed by atoms with van der Waals surface area (Å²) in [6.45, 7) is 0. The van der Waals surface area contributed by atoms with Crippen LogP contribution in [0.1, 0.15) is 57.8 Å². The SMILES string of the molecule is C1=CCCCCCCCCC/C=C/C=C/C=C\C=C\C=C\C=C\1. The van der Waals surface area contributed by atoms with Crippen molar-refractivity contribution in [1.82, 2.24) is 0 Å². The lowest BCUT2D eigenvalue weighted by molar-refractivity contribution is 0.583. The Morgan fingerprint density at radius 1 is 0.261 bits per heavy atom. The van der Waals surface area contributed by atoms with Crippen molar-refractivity contribution in [2.24, 2.45) is 0 Å². The monoisotopic (exact) mass is 308 g/mol. The van der Waals surface area contributed by atoms with Crippen LogP contribution in [0.3, 0.4) is 0 Å². The van der Waals surface area contributed by atoms with E-state index < -0.39 is 0 Å². The molecule has 0 aromatic carbocycles. The van der Waals surface area contributed by atoms with Crippen LogP contribution < -0.4 is 0 Å². The van der Waals surface area contributed by atoms with E-state index in [0.717, 1.165) is 0 Å². The van der Waals surface area contributed by atoms with Gasteiger partial charge in [-0.15, -0.1) is 0 Å².